The molecular formula is C23H24ClFN2O3. The van der Waals surface area contributed by atoms with Crippen LogP contribution in [-0.4, -0.2) is 29.6 Å². The lowest BCUT2D eigenvalue weighted by atomic mass is 9.68. The average Bonchev–Trinajstić information content (AvgIpc) is 3.14. The first-order valence-electron chi connectivity index (χ1n) is 9.95. The second-order valence-corrected chi connectivity index (χ2v) is 9.70. The average molecular weight is 431 g/mol. The third kappa shape index (κ3) is 3.19. The van der Waals surface area contributed by atoms with Crippen molar-refractivity contribution in [2.45, 2.75) is 45.1 Å². The van der Waals surface area contributed by atoms with E-state index in [2.05, 4.69) is 31.4 Å². The van der Waals surface area contributed by atoms with Gasteiger partial charge in [-0.3, -0.25) is 4.79 Å². The molecule has 1 saturated heterocycles. The van der Waals surface area contributed by atoms with Crippen LogP contribution < -0.4 is 10.6 Å². The van der Waals surface area contributed by atoms with Gasteiger partial charge in [-0.15, -0.1) is 0 Å². The van der Waals surface area contributed by atoms with E-state index < -0.39 is 17.2 Å². The summed E-state index contributed by atoms with van der Waals surface area (Å²) in [5.41, 5.74) is 0.682. The van der Waals surface area contributed by atoms with Crippen LogP contribution in [-0.2, 0) is 10.2 Å². The normalized spacial score (nSPS) is 23.0. The number of hydrogen-bond donors (Lipinski definition) is 3. The number of halogens is 2. The fraction of sp³-hybridized carbons (Fsp3) is 0.391. The van der Waals surface area contributed by atoms with Crippen LogP contribution in [0.3, 0.4) is 0 Å². The topological polar surface area (TPSA) is 78.4 Å². The van der Waals surface area contributed by atoms with Crippen molar-refractivity contribution in [3.63, 3.8) is 0 Å². The van der Waals surface area contributed by atoms with E-state index in [0.29, 0.717) is 41.8 Å². The quantitative estimate of drug-likeness (QED) is 0.651. The lowest BCUT2D eigenvalue weighted by Crippen LogP contribution is -2.47. The Hall–Kier alpha value is -2.44. The smallest absolute Gasteiger partial charge is 0.337 e. The standard InChI is InChI=1S/C23H24ClFN2O3/c1-22(2,3)11-16-23(7-8-26-16)19-15(27-21(23)30)10-14(24)18(20(28)29)17(19)12-5-4-6-13(25)9-12/h4-6,9-10,16,26H,7-8,11H2,1-3H3,(H,27,30)(H,28,29)/t16-,23-/m1/s1. The number of aromatic carboxylic acids is 1. The highest BCUT2D eigenvalue weighted by Gasteiger charge is 2.57. The zero-order valence-corrected chi connectivity index (χ0v) is 17.9. The molecule has 2 aromatic rings. The van der Waals surface area contributed by atoms with E-state index in [1.165, 1.54) is 24.3 Å². The second-order valence-electron chi connectivity index (χ2n) is 9.29. The molecule has 1 spiro atoms. The number of amides is 1. The van der Waals surface area contributed by atoms with Crippen LogP contribution in [0.2, 0.25) is 5.02 Å². The van der Waals surface area contributed by atoms with Gasteiger partial charge in [-0.2, -0.15) is 0 Å². The van der Waals surface area contributed by atoms with E-state index in [4.69, 9.17) is 11.6 Å². The first-order valence-corrected chi connectivity index (χ1v) is 10.3. The molecule has 30 heavy (non-hydrogen) atoms. The van der Waals surface area contributed by atoms with Crippen LogP contribution in [0.1, 0.15) is 49.5 Å². The van der Waals surface area contributed by atoms with Crippen LogP contribution in [0.4, 0.5) is 10.1 Å². The summed E-state index contributed by atoms with van der Waals surface area (Å²) in [5, 5.41) is 16.4. The maximum absolute atomic E-state index is 14.1. The fourth-order valence-electron chi connectivity index (χ4n) is 4.92. The minimum atomic E-state index is -1.21. The van der Waals surface area contributed by atoms with Gasteiger partial charge >= 0.3 is 5.97 Å². The molecule has 7 heteroatoms. The molecule has 0 bridgehead atoms. The Morgan fingerprint density at radius 1 is 1.33 bits per heavy atom. The molecule has 2 aromatic carbocycles. The van der Waals surface area contributed by atoms with Crippen LogP contribution in [0, 0.1) is 11.2 Å². The summed E-state index contributed by atoms with van der Waals surface area (Å²) in [5.74, 6) is -1.87. The van der Waals surface area contributed by atoms with Gasteiger partial charge in [0.25, 0.3) is 0 Å². The highest BCUT2D eigenvalue weighted by molar-refractivity contribution is 6.35. The molecule has 5 nitrogen and oxygen atoms in total. The van der Waals surface area contributed by atoms with Crippen molar-refractivity contribution >= 4 is 29.2 Å². The molecule has 2 atom stereocenters. The molecule has 1 amide bonds. The van der Waals surface area contributed by atoms with Crippen LogP contribution in [0.5, 0.6) is 0 Å². The Morgan fingerprint density at radius 3 is 2.70 bits per heavy atom. The van der Waals surface area contributed by atoms with Gasteiger partial charge in [-0.05, 0) is 48.6 Å². The van der Waals surface area contributed by atoms with Crippen molar-refractivity contribution in [2.75, 3.05) is 11.9 Å². The van der Waals surface area contributed by atoms with Crippen molar-refractivity contribution in [3.05, 3.63) is 52.3 Å². The fourth-order valence-corrected chi connectivity index (χ4v) is 5.21. The zero-order chi connectivity index (χ0) is 21.8. The Kier molecular flexibility index (Phi) is 4.90. The van der Waals surface area contributed by atoms with Gasteiger partial charge in [-0.25, -0.2) is 9.18 Å². The number of anilines is 1. The highest BCUT2D eigenvalue weighted by atomic mass is 35.5. The molecule has 2 aliphatic heterocycles. The molecule has 0 saturated carbocycles. The number of benzene rings is 2. The van der Waals surface area contributed by atoms with Gasteiger partial charge in [0.05, 0.1) is 16.0 Å². The molecule has 2 heterocycles. The minimum absolute atomic E-state index is 0.0104. The van der Waals surface area contributed by atoms with E-state index in [-0.39, 0.29) is 28.0 Å². The van der Waals surface area contributed by atoms with Crippen LogP contribution >= 0.6 is 11.6 Å². The summed E-state index contributed by atoms with van der Waals surface area (Å²) < 4.78 is 14.1. The maximum Gasteiger partial charge on any atom is 0.337 e. The summed E-state index contributed by atoms with van der Waals surface area (Å²) in [4.78, 5) is 25.6. The number of hydrogen-bond acceptors (Lipinski definition) is 3. The zero-order valence-electron chi connectivity index (χ0n) is 17.1. The Balaban J connectivity index is 2.06. The summed E-state index contributed by atoms with van der Waals surface area (Å²) in [6, 6.07) is 7.08. The minimum Gasteiger partial charge on any atom is -0.478 e. The molecule has 158 valence electrons. The number of carboxylic acid groups (broad SMARTS) is 1. The molecule has 0 unspecified atom stereocenters. The Labute approximate surface area is 179 Å². The van der Waals surface area contributed by atoms with E-state index in [1.54, 1.807) is 6.07 Å². The molecule has 2 aliphatic rings. The van der Waals surface area contributed by atoms with Crippen molar-refractivity contribution < 1.29 is 19.1 Å². The molecule has 3 N–H and O–H groups in total. The van der Waals surface area contributed by atoms with Gasteiger partial charge < -0.3 is 15.7 Å². The largest absolute Gasteiger partial charge is 0.478 e. The Morgan fingerprint density at radius 2 is 2.07 bits per heavy atom. The molecular weight excluding hydrogens is 407 g/mol. The number of carbonyl (C=O) groups is 2. The number of rotatable bonds is 3. The van der Waals surface area contributed by atoms with E-state index in [1.807, 2.05) is 0 Å². The van der Waals surface area contributed by atoms with Gasteiger partial charge in [0.15, 0.2) is 0 Å². The second kappa shape index (κ2) is 7.06. The maximum atomic E-state index is 14.1. The molecule has 0 aromatic heterocycles. The lowest BCUT2D eigenvalue weighted by molar-refractivity contribution is -0.121. The van der Waals surface area contributed by atoms with E-state index in [0.717, 1.165) is 0 Å². The van der Waals surface area contributed by atoms with Gasteiger partial charge in [0, 0.05) is 22.9 Å². The summed E-state index contributed by atoms with van der Waals surface area (Å²) in [6.07, 6.45) is 1.24. The van der Waals surface area contributed by atoms with Crippen molar-refractivity contribution in [3.8, 4) is 11.1 Å². The van der Waals surface area contributed by atoms with Crippen LogP contribution in [0.15, 0.2) is 30.3 Å². The molecule has 0 aliphatic carbocycles. The molecule has 0 radical (unpaired) electrons. The molecule has 1 fully saturated rings. The summed E-state index contributed by atoms with van der Waals surface area (Å²) in [6.45, 7) is 6.94. The van der Waals surface area contributed by atoms with Gasteiger partial charge in [-0.1, -0.05) is 44.5 Å². The first kappa shape index (κ1) is 20.8. The van der Waals surface area contributed by atoms with E-state index in [9.17, 15) is 19.1 Å². The third-order valence-electron chi connectivity index (χ3n) is 6.03. The first-order chi connectivity index (χ1) is 14.0. The third-order valence-corrected chi connectivity index (χ3v) is 6.33. The Bertz CT molecular complexity index is 1060. The van der Waals surface area contributed by atoms with Crippen molar-refractivity contribution in [1.82, 2.24) is 5.32 Å². The van der Waals surface area contributed by atoms with Crippen LogP contribution in [0.25, 0.3) is 11.1 Å². The lowest BCUT2D eigenvalue weighted by Gasteiger charge is -2.35. The number of carbonyl (C=O) groups excluding carboxylic acids is 1. The molecule has 4 rings (SSSR count). The number of nitrogens with one attached hydrogen (secondary N) is 2. The van der Waals surface area contributed by atoms with Gasteiger partial charge in [0.1, 0.15) is 5.82 Å². The summed E-state index contributed by atoms with van der Waals surface area (Å²) >= 11 is 6.34. The van der Waals surface area contributed by atoms with E-state index >= 15 is 0 Å². The summed E-state index contributed by atoms with van der Waals surface area (Å²) in [7, 11) is 0. The monoisotopic (exact) mass is 430 g/mol. The SMILES string of the molecule is CC(C)(C)C[C@H]1NCC[C@@]12C(=O)Nc1cc(Cl)c(C(=O)O)c(-c3cccc(F)c3)c12. The predicted molar refractivity (Wildman–Crippen MR) is 115 cm³/mol. The van der Waals surface area contributed by atoms with Crippen molar-refractivity contribution in [1.29, 1.82) is 0 Å². The van der Waals surface area contributed by atoms with Gasteiger partial charge in [0.2, 0.25) is 5.91 Å². The predicted octanol–water partition coefficient (Wildman–Crippen LogP) is 4.83. The van der Waals surface area contributed by atoms with Crippen molar-refractivity contribution in [2.24, 2.45) is 5.41 Å². The number of carboxylic acids is 1. The highest BCUT2D eigenvalue weighted by Crippen LogP contribution is 2.53. The number of fused-ring (bicyclic) bond motifs is 2.